The minimum absolute atomic E-state index is 0.0612. The van der Waals surface area contributed by atoms with Crippen LogP contribution in [0.25, 0.3) is 0 Å². The number of carbonyl (C=O) groups excluding carboxylic acids is 3. The largest absolute Gasteiger partial charge is 0.343 e. The van der Waals surface area contributed by atoms with E-state index in [4.69, 9.17) is 11.6 Å². The molecule has 2 aliphatic heterocycles. The van der Waals surface area contributed by atoms with E-state index in [-0.39, 0.29) is 41.9 Å². The average Bonchev–Trinajstić information content (AvgIpc) is 2.99. The zero-order chi connectivity index (χ0) is 30.2. The summed E-state index contributed by atoms with van der Waals surface area (Å²) in [6, 6.07) is 12.2. The third-order valence-corrected chi connectivity index (χ3v) is 9.21. The molecule has 2 saturated heterocycles. The number of hydrogen-bond donors (Lipinski definition) is 0. The summed E-state index contributed by atoms with van der Waals surface area (Å²) in [6.45, 7) is 10.7. The molecule has 2 aliphatic rings. The van der Waals surface area contributed by atoms with E-state index in [2.05, 4.69) is 4.90 Å². The normalized spacial score (nSPS) is 16.8. The SMILES string of the molecule is CCN(C(=O)Cc1ccc(F)cc1)C1CCN(CCCN(C(=O)C2CCN(C(C)=O)CC2)c2ccc(C)c(Cl)c2)CC1. The molecule has 2 aromatic rings. The van der Waals surface area contributed by atoms with Gasteiger partial charge < -0.3 is 19.6 Å². The lowest BCUT2D eigenvalue weighted by Gasteiger charge is -2.38. The minimum atomic E-state index is -0.295. The Bertz CT molecular complexity index is 1220. The van der Waals surface area contributed by atoms with Crippen LogP contribution >= 0.6 is 11.6 Å². The number of benzene rings is 2. The van der Waals surface area contributed by atoms with Crippen LogP contribution in [0.3, 0.4) is 0 Å². The minimum Gasteiger partial charge on any atom is -0.343 e. The van der Waals surface area contributed by atoms with Gasteiger partial charge in [0, 0.05) is 68.9 Å². The number of rotatable bonds is 10. The highest BCUT2D eigenvalue weighted by Crippen LogP contribution is 2.28. The highest BCUT2D eigenvalue weighted by Gasteiger charge is 2.31. The van der Waals surface area contributed by atoms with Crippen LogP contribution in [0.4, 0.5) is 10.1 Å². The lowest BCUT2D eigenvalue weighted by Crippen LogP contribution is -2.48. The third-order valence-electron chi connectivity index (χ3n) is 8.81. The highest BCUT2D eigenvalue weighted by molar-refractivity contribution is 6.31. The zero-order valence-corrected chi connectivity index (χ0v) is 25.9. The molecule has 2 heterocycles. The Morgan fingerprint density at radius 3 is 2.24 bits per heavy atom. The number of anilines is 1. The maximum Gasteiger partial charge on any atom is 0.230 e. The second-order valence-electron chi connectivity index (χ2n) is 11.6. The monoisotopic (exact) mass is 598 g/mol. The van der Waals surface area contributed by atoms with Crippen LogP contribution in [0.5, 0.6) is 0 Å². The number of nitrogens with zero attached hydrogens (tertiary/aromatic N) is 4. The summed E-state index contributed by atoms with van der Waals surface area (Å²) >= 11 is 6.45. The van der Waals surface area contributed by atoms with Crippen LogP contribution < -0.4 is 4.90 Å². The number of likely N-dealkylation sites (tertiary alicyclic amines) is 2. The Morgan fingerprint density at radius 2 is 1.64 bits per heavy atom. The number of aryl methyl sites for hydroxylation is 1. The maximum atomic E-state index is 13.7. The summed E-state index contributed by atoms with van der Waals surface area (Å²) in [7, 11) is 0. The molecule has 0 N–H and O–H groups in total. The first-order chi connectivity index (χ1) is 20.2. The number of likely N-dealkylation sites (N-methyl/N-ethyl adjacent to an activating group) is 1. The molecular formula is C33H44ClFN4O3. The van der Waals surface area contributed by atoms with Gasteiger partial charge in [-0.25, -0.2) is 4.39 Å². The van der Waals surface area contributed by atoms with Gasteiger partial charge in [0.25, 0.3) is 0 Å². The Morgan fingerprint density at radius 1 is 0.976 bits per heavy atom. The fourth-order valence-corrected chi connectivity index (χ4v) is 6.38. The summed E-state index contributed by atoms with van der Waals surface area (Å²) in [5, 5.41) is 0.647. The molecule has 3 amide bonds. The molecule has 2 fully saturated rings. The predicted molar refractivity (Wildman–Crippen MR) is 165 cm³/mol. The highest BCUT2D eigenvalue weighted by atomic mass is 35.5. The molecule has 0 bridgehead atoms. The van der Waals surface area contributed by atoms with Gasteiger partial charge in [-0.3, -0.25) is 14.4 Å². The van der Waals surface area contributed by atoms with Crippen LogP contribution in [0.1, 0.15) is 57.1 Å². The summed E-state index contributed by atoms with van der Waals surface area (Å²) in [5.41, 5.74) is 2.62. The quantitative estimate of drug-likeness (QED) is 0.371. The summed E-state index contributed by atoms with van der Waals surface area (Å²) < 4.78 is 13.3. The van der Waals surface area contributed by atoms with Crippen molar-refractivity contribution in [3.63, 3.8) is 0 Å². The van der Waals surface area contributed by atoms with E-state index in [1.54, 1.807) is 19.1 Å². The Hall–Kier alpha value is -2.97. The first-order valence-electron chi connectivity index (χ1n) is 15.3. The van der Waals surface area contributed by atoms with Gasteiger partial charge in [0.1, 0.15) is 5.82 Å². The van der Waals surface area contributed by atoms with Crippen molar-refractivity contribution >= 4 is 35.0 Å². The lowest BCUT2D eigenvalue weighted by molar-refractivity contribution is -0.133. The first-order valence-corrected chi connectivity index (χ1v) is 15.6. The van der Waals surface area contributed by atoms with Crippen molar-refractivity contribution in [3.8, 4) is 0 Å². The Labute approximate surface area is 254 Å². The second kappa shape index (κ2) is 15.0. The van der Waals surface area contributed by atoms with Crippen LogP contribution in [0.15, 0.2) is 42.5 Å². The van der Waals surface area contributed by atoms with Gasteiger partial charge >= 0.3 is 0 Å². The molecule has 9 heteroatoms. The van der Waals surface area contributed by atoms with Crippen LogP contribution in [0.2, 0.25) is 5.02 Å². The molecule has 0 unspecified atom stereocenters. The number of piperidine rings is 2. The van der Waals surface area contributed by atoms with Crippen molar-refractivity contribution in [1.82, 2.24) is 14.7 Å². The Kier molecular flexibility index (Phi) is 11.4. The van der Waals surface area contributed by atoms with Crippen molar-refractivity contribution < 1.29 is 18.8 Å². The zero-order valence-electron chi connectivity index (χ0n) is 25.2. The van der Waals surface area contributed by atoms with E-state index in [1.807, 2.05) is 46.7 Å². The van der Waals surface area contributed by atoms with Crippen molar-refractivity contribution in [1.29, 1.82) is 0 Å². The molecule has 42 heavy (non-hydrogen) atoms. The molecule has 228 valence electrons. The van der Waals surface area contributed by atoms with Gasteiger partial charge in [0.05, 0.1) is 6.42 Å². The van der Waals surface area contributed by atoms with Crippen molar-refractivity contribution in [3.05, 3.63) is 64.4 Å². The number of carbonyl (C=O) groups is 3. The van der Waals surface area contributed by atoms with Crippen LogP contribution in [-0.2, 0) is 20.8 Å². The fourth-order valence-electron chi connectivity index (χ4n) is 6.20. The van der Waals surface area contributed by atoms with E-state index in [0.29, 0.717) is 44.0 Å². The van der Waals surface area contributed by atoms with Crippen LogP contribution in [-0.4, -0.2) is 84.3 Å². The molecule has 2 aromatic carbocycles. The number of amides is 3. The van der Waals surface area contributed by atoms with Crippen LogP contribution in [0, 0.1) is 18.7 Å². The topological polar surface area (TPSA) is 64.2 Å². The van der Waals surface area contributed by atoms with Gasteiger partial charge in [-0.15, -0.1) is 0 Å². The average molecular weight is 599 g/mol. The van der Waals surface area contributed by atoms with E-state index < -0.39 is 0 Å². The summed E-state index contributed by atoms with van der Waals surface area (Å²) in [4.78, 5) is 46.6. The Balaban J connectivity index is 1.30. The smallest absolute Gasteiger partial charge is 0.230 e. The van der Waals surface area contributed by atoms with Gasteiger partial charge in [0.2, 0.25) is 17.7 Å². The molecule has 0 saturated carbocycles. The number of hydrogen-bond acceptors (Lipinski definition) is 4. The summed E-state index contributed by atoms with van der Waals surface area (Å²) in [6.07, 6.45) is 4.29. The molecule has 0 atom stereocenters. The van der Waals surface area contributed by atoms with Crippen molar-refractivity contribution in [2.75, 3.05) is 50.7 Å². The van der Waals surface area contributed by atoms with E-state index in [9.17, 15) is 18.8 Å². The molecular weight excluding hydrogens is 555 g/mol. The summed E-state index contributed by atoms with van der Waals surface area (Å²) in [5.74, 6) is -0.149. The third kappa shape index (κ3) is 8.32. The predicted octanol–water partition coefficient (Wildman–Crippen LogP) is 5.32. The molecule has 0 aliphatic carbocycles. The fraction of sp³-hybridized carbons (Fsp3) is 0.545. The molecule has 0 spiro atoms. The maximum absolute atomic E-state index is 13.7. The first kappa shape index (κ1) is 32.0. The van der Waals surface area contributed by atoms with Gasteiger partial charge in [-0.05, 0) is 87.9 Å². The van der Waals surface area contributed by atoms with Gasteiger partial charge in [-0.2, -0.15) is 0 Å². The van der Waals surface area contributed by atoms with Crippen molar-refractivity contribution in [2.24, 2.45) is 5.92 Å². The molecule has 7 nitrogen and oxygen atoms in total. The molecule has 0 aromatic heterocycles. The van der Waals surface area contributed by atoms with E-state index in [1.165, 1.54) is 12.1 Å². The number of halogens is 2. The van der Waals surface area contributed by atoms with E-state index in [0.717, 1.165) is 55.7 Å². The van der Waals surface area contributed by atoms with Gasteiger partial charge in [0.15, 0.2) is 0 Å². The van der Waals surface area contributed by atoms with Gasteiger partial charge in [-0.1, -0.05) is 29.8 Å². The lowest BCUT2D eigenvalue weighted by atomic mass is 9.94. The standard InChI is InChI=1S/C33H44ClFN4O3/c1-4-38(32(41)22-26-7-9-28(35)10-8-26)29-14-18-36(19-15-29)16-5-17-39(30-11-6-24(2)31(34)23-30)33(42)27-12-20-37(21-13-27)25(3)40/h6-11,23,27,29H,4-5,12-22H2,1-3H3. The molecule has 0 radical (unpaired) electrons. The van der Waals surface area contributed by atoms with Crippen molar-refractivity contribution in [2.45, 2.75) is 65.3 Å². The van der Waals surface area contributed by atoms with E-state index >= 15 is 0 Å². The second-order valence-corrected chi connectivity index (χ2v) is 12.0. The molecule has 4 rings (SSSR count).